The first kappa shape index (κ1) is 27.1. The van der Waals surface area contributed by atoms with E-state index < -0.39 is 5.97 Å². The first-order chi connectivity index (χ1) is 18.4. The summed E-state index contributed by atoms with van der Waals surface area (Å²) in [5.41, 5.74) is 6.05. The fourth-order valence-electron chi connectivity index (χ4n) is 5.31. The van der Waals surface area contributed by atoms with Gasteiger partial charge in [0.2, 0.25) is 5.91 Å². The molecule has 1 aliphatic carbocycles. The van der Waals surface area contributed by atoms with Crippen molar-refractivity contribution in [3.8, 4) is 11.1 Å². The van der Waals surface area contributed by atoms with E-state index in [0.717, 1.165) is 43.4 Å². The number of hydrogen-bond acceptors (Lipinski definition) is 3. The lowest BCUT2D eigenvalue weighted by molar-refractivity contribution is -0.138. The van der Waals surface area contributed by atoms with E-state index in [0.29, 0.717) is 11.5 Å². The maximum Gasteiger partial charge on any atom is 0.303 e. The van der Waals surface area contributed by atoms with Gasteiger partial charge in [0.25, 0.3) is 5.91 Å². The second-order valence-electron chi connectivity index (χ2n) is 10.1. The van der Waals surface area contributed by atoms with Gasteiger partial charge in [-0.2, -0.15) is 0 Å². The largest absolute Gasteiger partial charge is 0.481 e. The van der Waals surface area contributed by atoms with Crippen LogP contribution in [0.2, 0.25) is 0 Å². The van der Waals surface area contributed by atoms with Gasteiger partial charge in [0.05, 0.1) is 0 Å². The molecule has 0 radical (unpaired) electrons. The average molecular weight is 513 g/mol. The second kappa shape index (κ2) is 13.0. The Morgan fingerprint density at radius 2 is 1.55 bits per heavy atom. The highest BCUT2D eigenvalue weighted by atomic mass is 16.4. The lowest BCUT2D eigenvalue weighted by Crippen LogP contribution is -2.27. The van der Waals surface area contributed by atoms with E-state index in [4.69, 9.17) is 5.11 Å². The van der Waals surface area contributed by atoms with Crippen molar-refractivity contribution in [2.75, 3.05) is 11.9 Å². The standard InChI is InChI=1S/C32H36N2O4/c1-2-23-5-3-4-6-29(23)26-11-13-27(14-12-26)32(38)33-20-19-30(35)34-28-17-15-25(16-18-28)24-9-7-22(8-10-24)21-31(36)37/h3-6,11-18,22,24H,2,7-10,19-21H2,1H3,(H,33,38)(H,34,35)(H,36,37). The number of carbonyl (C=O) groups is 3. The molecule has 0 spiro atoms. The third-order valence-electron chi connectivity index (χ3n) is 7.47. The number of rotatable bonds is 10. The molecule has 38 heavy (non-hydrogen) atoms. The predicted octanol–water partition coefficient (Wildman–Crippen LogP) is 6.42. The Kier molecular flexibility index (Phi) is 9.30. The molecular formula is C32H36N2O4. The summed E-state index contributed by atoms with van der Waals surface area (Å²) in [6.45, 7) is 2.38. The number of benzene rings is 3. The van der Waals surface area contributed by atoms with Crippen LogP contribution in [0, 0.1) is 5.92 Å². The number of carbonyl (C=O) groups excluding carboxylic acids is 2. The summed E-state index contributed by atoms with van der Waals surface area (Å²) in [4.78, 5) is 35.9. The first-order valence-electron chi connectivity index (χ1n) is 13.5. The molecular weight excluding hydrogens is 476 g/mol. The number of aryl methyl sites for hydroxylation is 1. The van der Waals surface area contributed by atoms with Crippen molar-refractivity contribution >= 4 is 23.5 Å². The molecule has 198 valence electrons. The summed E-state index contributed by atoms with van der Waals surface area (Å²) in [7, 11) is 0. The predicted molar refractivity (Wildman–Crippen MR) is 150 cm³/mol. The van der Waals surface area contributed by atoms with E-state index in [-0.39, 0.29) is 37.1 Å². The van der Waals surface area contributed by atoms with Crippen LogP contribution in [0.3, 0.4) is 0 Å². The number of anilines is 1. The van der Waals surface area contributed by atoms with Crippen LogP contribution in [0.25, 0.3) is 11.1 Å². The highest BCUT2D eigenvalue weighted by Crippen LogP contribution is 2.37. The molecule has 0 atom stereocenters. The molecule has 0 saturated heterocycles. The Morgan fingerprint density at radius 3 is 2.21 bits per heavy atom. The minimum atomic E-state index is -0.712. The van der Waals surface area contributed by atoms with Crippen LogP contribution in [-0.2, 0) is 16.0 Å². The van der Waals surface area contributed by atoms with Gasteiger partial charge in [-0.3, -0.25) is 14.4 Å². The van der Waals surface area contributed by atoms with Crippen molar-refractivity contribution in [1.82, 2.24) is 5.32 Å². The quantitative estimate of drug-likeness (QED) is 0.292. The van der Waals surface area contributed by atoms with Gasteiger partial charge in [0.15, 0.2) is 0 Å². The summed E-state index contributed by atoms with van der Waals surface area (Å²) in [5, 5.41) is 14.7. The SMILES string of the molecule is CCc1ccccc1-c1ccc(C(=O)NCCC(=O)Nc2ccc(C3CCC(CC(=O)O)CC3)cc2)cc1. The molecule has 0 aromatic heterocycles. The van der Waals surface area contributed by atoms with E-state index in [1.807, 2.05) is 60.7 Å². The van der Waals surface area contributed by atoms with E-state index in [1.165, 1.54) is 16.7 Å². The third-order valence-corrected chi connectivity index (χ3v) is 7.47. The topological polar surface area (TPSA) is 95.5 Å². The molecule has 0 aliphatic heterocycles. The number of carboxylic acids is 1. The molecule has 0 unspecified atom stereocenters. The van der Waals surface area contributed by atoms with Crippen LogP contribution in [0.1, 0.15) is 72.9 Å². The van der Waals surface area contributed by atoms with Crippen molar-refractivity contribution in [1.29, 1.82) is 0 Å². The molecule has 6 nitrogen and oxygen atoms in total. The smallest absolute Gasteiger partial charge is 0.303 e. The first-order valence-corrected chi connectivity index (χ1v) is 13.5. The van der Waals surface area contributed by atoms with E-state index in [9.17, 15) is 14.4 Å². The number of aliphatic carboxylic acids is 1. The summed E-state index contributed by atoms with van der Waals surface area (Å²) >= 11 is 0. The Hall–Kier alpha value is -3.93. The molecule has 3 aromatic rings. The Balaban J connectivity index is 1.20. The van der Waals surface area contributed by atoms with Crippen LogP contribution < -0.4 is 10.6 Å². The van der Waals surface area contributed by atoms with Crippen molar-refractivity contribution in [2.45, 2.75) is 57.8 Å². The number of carboxylic acid groups (broad SMARTS) is 1. The van der Waals surface area contributed by atoms with Crippen LogP contribution in [-0.4, -0.2) is 29.4 Å². The van der Waals surface area contributed by atoms with Crippen molar-refractivity contribution in [2.24, 2.45) is 5.92 Å². The molecule has 4 rings (SSSR count). The van der Waals surface area contributed by atoms with E-state index >= 15 is 0 Å². The highest BCUT2D eigenvalue weighted by Gasteiger charge is 2.24. The molecule has 1 fully saturated rings. The maximum atomic E-state index is 12.5. The zero-order valence-corrected chi connectivity index (χ0v) is 21.9. The molecule has 0 bridgehead atoms. The normalized spacial score (nSPS) is 17.0. The van der Waals surface area contributed by atoms with Gasteiger partial charge in [-0.1, -0.05) is 55.5 Å². The van der Waals surface area contributed by atoms with Crippen LogP contribution in [0.4, 0.5) is 5.69 Å². The Bertz CT molecular complexity index is 1240. The van der Waals surface area contributed by atoms with Gasteiger partial charge < -0.3 is 15.7 Å². The molecule has 3 N–H and O–H groups in total. The molecule has 0 heterocycles. The fourth-order valence-corrected chi connectivity index (χ4v) is 5.31. The van der Waals surface area contributed by atoms with Gasteiger partial charge in [-0.25, -0.2) is 0 Å². The Morgan fingerprint density at radius 1 is 0.868 bits per heavy atom. The van der Waals surface area contributed by atoms with E-state index in [1.54, 1.807) is 0 Å². The fraction of sp³-hybridized carbons (Fsp3) is 0.344. The average Bonchev–Trinajstić information content (AvgIpc) is 2.93. The lowest BCUT2D eigenvalue weighted by Gasteiger charge is -2.28. The number of amides is 2. The lowest BCUT2D eigenvalue weighted by atomic mass is 9.77. The van der Waals surface area contributed by atoms with Crippen molar-refractivity contribution < 1.29 is 19.5 Å². The van der Waals surface area contributed by atoms with Gasteiger partial charge in [0.1, 0.15) is 0 Å². The van der Waals surface area contributed by atoms with Crippen LogP contribution >= 0.6 is 0 Å². The van der Waals surface area contributed by atoms with Crippen molar-refractivity contribution in [3.63, 3.8) is 0 Å². The summed E-state index contributed by atoms with van der Waals surface area (Å²) in [6.07, 6.45) is 5.27. The van der Waals surface area contributed by atoms with Gasteiger partial charge >= 0.3 is 5.97 Å². The summed E-state index contributed by atoms with van der Waals surface area (Å²) in [5.74, 6) is -0.341. The maximum absolute atomic E-state index is 12.5. The zero-order valence-electron chi connectivity index (χ0n) is 21.9. The highest BCUT2D eigenvalue weighted by molar-refractivity contribution is 5.95. The minimum Gasteiger partial charge on any atom is -0.481 e. The molecule has 6 heteroatoms. The number of nitrogens with one attached hydrogen (secondary N) is 2. The van der Waals surface area contributed by atoms with Crippen molar-refractivity contribution in [3.05, 3.63) is 89.5 Å². The van der Waals surface area contributed by atoms with Crippen LogP contribution in [0.15, 0.2) is 72.8 Å². The summed E-state index contributed by atoms with van der Waals surface area (Å²) in [6, 6.07) is 23.7. The van der Waals surface area contributed by atoms with Gasteiger partial charge in [-0.15, -0.1) is 0 Å². The van der Waals surface area contributed by atoms with E-state index in [2.05, 4.69) is 29.7 Å². The Labute approximate surface area is 224 Å². The minimum absolute atomic E-state index is 0.154. The number of hydrogen-bond donors (Lipinski definition) is 3. The third kappa shape index (κ3) is 7.31. The zero-order chi connectivity index (χ0) is 26.9. The van der Waals surface area contributed by atoms with Gasteiger partial charge in [0, 0.05) is 30.6 Å². The monoisotopic (exact) mass is 512 g/mol. The second-order valence-corrected chi connectivity index (χ2v) is 10.1. The van der Waals surface area contributed by atoms with Crippen LogP contribution in [0.5, 0.6) is 0 Å². The molecule has 1 saturated carbocycles. The molecule has 1 aliphatic rings. The van der Waals surface area contributed by atoms with Gasteiger partial charge in [-0.05, 0) is 90.5 Å². The molecule has 3 aromatic carbocycles. The summed E-state index contributed by atoms with van der Waals surface area (Å²) < 4.78 is 0. The molecule has 2 amide bonds.